The Morgan fingerprint density at radius 1 is 1.10 bits per heavy atom. The van der Waals surface area contributed by atoms with Crippen LogP contribution in [0.2, 0.25) is 0 Å². The Morgan fingerprint density at radius 2 is 1.76 bits per heavy atom. The van der Waals surface area contributed by atoms with Gasteiger partial charge in [-0.2, -0.15) is 0 Å². The fraction of sp³-hybridized carbons (Fsp3) is 0.529. The van der Waals surface area contributed by atoms with Crippen molar-refractivity contribution >= 4 is 11.9 Å². The van der Waals surface area contributed by atoms with E-state index in [9.17, 15) is 19.8 Å². The lowest BCUT2D eigenvalue weighted by molar-refractivity contribution is 0.0650. The van der Waals surface area contributed by atoms with Crippen LogP contribution < -0.4 is 0 Å². The lowest BCUT2D eigenvalue weighted by Crippen LogP contribution is -2.13. The molecular weight excluding hydrogens is 268 g/mol. The zero-order chi connectivity index (χ0) is 16.0. The van der Waals surface area contributed by atoms with Gasteiger partial charge in [-0.15, -0.1) is 0 Å². The fourth-order valence-corrected chi connectivity index (χ4v) is 2.58. The van der Waals surface area contributed by atoms with E-state index in [1.807, 2.05) is 6.92 Å². The predicted octanol–water partition coefficient (Wildman–Crippen LogP) is 4.01. The van der Waals surface area contributed by atoms with Crippen molar-refractivity contribution in [3.63, 3.8) is 0 Å². The third-order valence-corrected chi connectivity index (χ3v) is 3.69. The summed E-state index contributed by atoms with van der Waals surface area (Å²) >= 11 is 0. The van der Waals surface area contributed by atoms with Gasteiger partial charge >= 0.3 is 11.9 Å². The Bertz CT molecular complexity index is 518. The largest absolute Gasteiger partial charge is 0.478 e. The molecule has 2 N–H and O–H groups in total. The molecule has 4 nitrogen and oxygen atoms in total. The maximum absolute atomic E-state index is 11.5. The monoisotopic (exact) mass is 292 g/mol. The van der Waals surface area contributed by atoms with Crippen LogP contribution in [-0.2, 0) is 12.8 Å². The van der Waals surface area contributed by atoms with Crippen molar-refractivity contribution in [1.29, 1.82) is 0 Å². The molecule has 1 rings (SSSR count). The molecule has 0 atom stereocenters. The SMILES string of the molecule is CCc1ccc(C(=O)O)c(C(=O)O)c1CCCCC(C)C. The number of aromatic carboxylic acids is 2. The third-order valence-electron chi connectivity index (χ3n) is 3.69. The number of benzene rings is 1. The molecule has 0 aromatic heterocycles. The second kappa shape index (κ2) is 7.81. The van der Waals surface area contributed by atoms with E-state index in [1.54, 1.807) is 6.07 Å². The van der Waals surface area contributed by atoms with E-state index >= 15 is 0 Å². The summed E-state index contributed by atoms with van der Waals surface area (Å²) in [5, 5.41) is 18.6. The van der Waals surface area contributed by atoms with Crippen molar-refractivity contribution in [2.45, 2.75) is 52.9 Å². The summed E-state index contributed by atoms with van der Waals surface area (Å²) in [7, 11) is 0. The smallest absolute Gasteiger partial charge is 0.336 e. The normalized spacial score (nSPS) is 10.9. The number of carbonyl (C=O) groups is 2. The highest BCUT2D eigenvalue weighted by molar-refractivity contribution is 6.03. The molecule has 0 unspecified atom stereocenters. The maximum Gasteiger partial charge on any atom is 0.336 e. The van der Waals surface area contributed by atoms with Gasteiger partial charge in [-0.05, 0) is 42.4 Å². The van der Waals surface area contributed by atoms with Gasteiger partial charge in [0.2, 0.25) is 0 Å². The van der Waals surface area contributed by atoms with Crippen LogP contribution in [0.5, 0.6) is 0 Å². The van der Waals surface area contributed by atoms with Crippen LogP contribution in [0.3, 0.4) is 0 Å². The summed E-state index contributed by atoms with van der Waals surface area (Å²) < 4.78 is 0. The molecule has 1 aromatic carbocycles. The van der Waals surface area contributed by atoms with Crippen molar-refractivity contribution in [1.82, 2.24) is 0 Å². The first-order valence-electron chi connectivity index (χ1n) is 7.49. The van der Waals surface area contributed by atoms with E-state index < -0.39 is 11.9 Å². The summed E-state index contributed by atoms with van der Waals surface area (Å²) in [5.74, 6) is -1.71. The molecule has 0 bridgehead atoms. The maximum atomic E-state index is 11.5. The van der Waals surface area contributed by atoms with E-state index in [-0.39, 0.29) is 11.1 Å². The van der Waals surface area contributed by atoms with Gasteiger partial charge in [-0.25, -0.2) is 9.59 Å². The molecule has 4 heteroatoms. The zero-order valence-electron chi connectivity index (χ0n) is 13.0. The van der Waals surface area contributed by atoms with E-state index in [0.717, 1.165) is 24.8 Å². The summed E-state index contributed by atoms with van der Waals surface area (Å²) in [5.41, 5.74) is 1.47. The molecule has 21 heavy (non-hydrogen) atoms. The van der Waals surface area contributed by atoms with Crippen molar-refractivity contribution in [3.05, 3.63) is 34.4 Å². The highest BCUT2D eigenvalue weighted by atomic mass is 16.4. The minimum atomic E-state index is -1.18. The molecule has 0 fully saturated rings. The predicted molar refractivity (Wildman–Crippen MR) is 82.1 cm³/mol. The van der Waals surface area contributed by atoms with E-state index in [0.29, 0.717) is 24.3 Å². The first kappa shape index (κ1) is 17.2. The van der Waals surface area contributed by atoms with Crippen LogP contribution in [0.15, 0.2) is 12.1 Å². The molecule has 0 aliphatic heterocycles. The van der Waals surface area contributed by atoms with E-state index in [1.165, 1.54) is 6.07 Å². The highest BCUT2D eigenvalue weighted by Crippen LogP contribution is 2.23. The Hall–Kier alpha value is -1.84. The molecule has 0 saturated heterocycles. The summed E-state index contributed by atoms with van der Waals surface area (Å²) in [6, 6.07) is 3.15. The molecule has 0 spiro atoms. The number of carboxylic acid groups (broad SMARTS) is 2. The van der Waals surface area contributed by atoms with Crippen LogP contribution in [0.1, 0.15) is 71.9 Å². The number of carboxylic acids is 2. The Kier molecular flexibility index (Phi) is 6.40. The van der Waals surface area contributed by atoms with Crippen molar-refractivity contribution in [2.24, 2.45) is 5.92 Å². The standard InChI is InChI=1S/C17H24O4/c1-4-12-9-10-14(16(18)19)15(17(20)21)13(12)8-6-5-7-11(2)3/h9-11H,4-8H2,1-3H3,(H,18,19)(H,20,21). The highest BCUT2D eigenvalue weighted by Gasteiger charge is 2.21. The van der Waals surface area contributed by atoms with E-state index in [2.05, 4.69) is 13.8 Å². The van der Waals surface area contributed by atoms with Gasteiger partial charge in [0.15, 0.2) is 0 Å². The second-order valence-electron chi connectivity index (χ2n) is 5.73. The van der Waals surface area contributed by atoms with Crippen LogP contribution in [0.4, 0.5) is 0 Å². The van der Waals surface area contributed by atoms with E-state index in [4.69, 9.17) is 0 Å². The fourth-order valence-electron chi connectivity index (χ4n) is 2.58. The average Bonchev–Trinajstić information content (AvgIpc) is 2.41. The van der Waals surface area contributed by atoms with Gasteiger partial charge in [-0.1, -0.05) is 39.7 Å². The summed E-state index contributed by atoms with van der Waals surface area (Å²) in [6.07, 6.45) is 4.34. The lowest BCUT2D eigenvalue weighted by atomic mass is 9.90. The first-order chi connectivity index (χ1) is 9.88. The Balaban J connectivity index is 3.10. The third kappa shape index (κ3) is 4.59. The average molecular weight is 292 g/mol. The van der Waals surface area contributed by atoms with Crippen molar-refractivity contribution in [3.8, 4) is 0 Å². The molecule has 1 aromatic rings. The molecule has 0 radical (unpaired) electrons. The molecule has 0 amide bonds. The van der Waals surface area contributed by atoms with Gasteiger partial charge in [0.25, 0.3) is 0 Å². The molecule has 0 aliphatic rings. The molecule has 0 aliphatic carbocycles. The summed E-state index contributed by atoms with van der Waals surface area (Å²) in [6.45, 7) is 6.27. The second-order valence-corrected chi connectivity index (χ2v) is 5.73. The quantitative estimate of drug-likeness (QED) is 0.710. The van der Waals surface area contributed by atoms with Crippen LogP contribution >= 0.6 is 0 Å². The number of aryl methyl sites for hydroxylation is 1. The molecule has 0 heterocycles. The minimum Gasteiger partial charge on any atom is -0.478 e. The van der Waals surface area contributed by atoms with Crippen molar-refractivity contribution < 1.29 is 19.8 Å². The van der Waals surface area contributed by atoms with Crippen LogP contribution in [0, 0.1) is 5.92 Å². The molecule has 0 saturated carbocycles. The number of hydrogen-bond acceptors (Lipinski definition) is 2. The van der Waals surface area contributed by atoms with Gasteiger partial charge < -0.3 is 10.2 Å². The lowest BCUT2D eigenvalue weighted by Gasteiger charge is -2.14. The zero-order valence-corrected chi connectivity index (χ0v) is 13.0. The van der Waals surface area contributed by atoms with Gasteiger partial charge in [0, 0.05) is 0 Å². The van der Waals surface area contributed by atoms with Crippen molar-refractivity contribution in [2.75, 3.05) is 0 Å². The Morgan fingerprint density at radius 3 is 2.24 bits per heavy atom. The Labute approximate surface area is 125 Å². The van der Waals surface area contributed by atoms with Gasteiger partial charge in [0.05, 0.1) is 11.1 Å². The molecular formula is C17H24O4. The number of unbranched alkanes of at least 4 members (excludes halogenated alkanes) is 1. The van der Waals surface area contributed by atoms with Crippen LogP contribution in [0.25, 0.3) is 0 Å². The van der Waals surface area contributed by atoms with Gasteiger partial charge in [-0.3, -0.25) is 0 Å². The molecule has 116 valence electrons. The van der Waals surface area contributed by atoms with Crippen LogP contribution in [-0.4, -0.2) is 22.2 Å². The minimum absolute atomic E-state index is 0.0357. The first-order valence-corrected chi connectivity index (χ1v) is 7.49. The number of hydrogen-bond donors (Lipinski definition) is 2. The van der Waals surface area contributed by atoms with Gasteiger partial charge in [0.1, 0.15) is 0 Å². The number of rotatable bonds is 8. The topological polar surface area (TPSA) is 74.6 Å². The summed E-state index contributed by atoms with van der Waals surface area (Å²) in [4.78, 5) is 22.7.